The molecule has 0 aliphatic carbocycles. The van der Waals surface area contributed by atoms with Gasteiger partial charge in [0.15, 0.2) is 0 Å². The monoisotopic (exact) mass is 404 g/mol. The third-order valence-electron chi connectivity index (χ3n) is 2.87. The molecule has 0 fully saturated rings. The Morgan fingerprint density at radius 2 is 1.66 bits per heavy atom. The van der Waals surface area contributed by atoms with Gasteiger partial charge in [-0.25, -0.2) is 14.4 Å². The molecule has 0 amide bonds. The fourth-order valence-electron chi connectivity index (χ4n) is 1.40. The van der Waals surface area contributed by atoms with Crippen molar-refractivity contribution in [3.63, 3.8) is 0 Å². The zero-order valence-electron chi connectivity index (χ0n) is 17.5. The van der Waals surface area contributed by atoms with Crippen molar-refractivity contribution in [3.05, 3.63) is 67.3 Å². The van der Waals surface area contributed by atoms with Gasteiger partial charge in [-0.3, -0.25) is 0 Å². The number of rotatable bonds is 9. The summed E-state index contributed by atoms with van der Waals surface area (Å²) < 4.78 is 9.34. The van der Waals surface area contributed by atoms with E-state index in [-0.39, 0.29) is 11.9 Å². The van der Waals surface area contributed by atoms with Gasteiger partial charge >= 0.3 is 17.9 Å². The van der Waals surface area contributed by atoms with Crippen molar-refractivity contribution < 1.29 is 29.0 Å². The average Bonchev–Trinajstić information content (AvgIpc) is 2.72. The summed E-state index contributed by atoms with van der Waals surface area (Å²) in [6.07, 6.45) is 6.63. The fourth-order valence-corrected chi connectivity index (χ4v) is 1.40. The highest BCUT2D eigenvalue weighted by Gasteiger charge is 1.99. The van der Waals surface area contributed by atoms with Crippen molar-refractivity contribution in [1.82, 2.24) is 0 Å². The van der Waals surface area contributed by atoms with Crippen LogP contribution in [-0.4, -0.2) is 36.2 Å². The molecule has 1 rings (SSSR count). The van der Waals surface area contributed by atoms with Crippen LogP contribution in [-0.2, 0) is 23.9 Å². The Kier molecular flexibility index (Phi) is 19.0. The summed E-state index contributed by atoms with van der Waals surface area (Å²) in [5.41, 5.74) is 1.17. The van der Waals surface area contributed by atoms with Crippen LogP contribution in [0.2, 0.25) is 0 Å². The molecule has 0 aromatic heterocycles. The van der Waals surface area contributed by atoms with Gasteiger partial charge in [-0.2, -0.15) is 0 Å². The molecule has 6 nitrogen and oxygen atoms in total. The van der Waals surface area contributed by atoms with Crippen molar-refractivity contribution in [1.29, 1.82) is 0 Å². The SMILES string of the molecule is C=CC(=O)OCCCC.C=Cc1ccccc1.CC(C)COC(=O)/C=C\C(=O)O. The second-order valence-corrected chi connectivity index (χ2v) is 6.04. The summed E-state index contributed by atoms with van der Waals surface area (Å²) in [5, 5.41) is 8.15. The molecular weight excluding hydrogens is 372 g/mol. The molecular formula is C23H32O6. The van der Waals surface area contributed by atoms with E-state index >= 15 is 0 Å². The van der Waals surface area contributed by atoms with Gasteiger partial charge in [-0.05, 0) is 17.9 Å². The van der Waals surface area contributed by atoms with Crippen molar-refractivity contribution in [3.8, 4) is 0 Å². The van der Waals surface area contributed by atoms with Crippen LogP contribution in [0.15, 0.2) is 61.7 Å². The molecule has 0 radical (unpaired) electrons. The molecule has 1 aromatic carbocycles. The molecule has 0 unspecified atom stereocenters. The van der Waals surface area contributed by atoms with E-state index in [1.165, 1.54) is 11.6 Å². The van der Waals surface area contributed by atoms with Crippen LogP contribution < -0.4 is 0 Å². The highest BCUT2D eigenvalue weighted by Crippen LogP contribution is 1.97. The lowest BCUT2D eigenvalue weighted by Crippen LogP contribution is -2.07. The Morgan fingerprint density at radius 3 is 2.07 bits per heavy atom. The standard InChI is InChI=1S/C8H12O4.C8H8.C7H12O2/c1-6(2)5-12-8(11)4-3-7(9)10;1-2-8-6-4-3-5-7-8;1-3-5-6-9-7(8)4-2/h3-4,6H,5H2,1-2H3,(H,9,10);2-7H,1H2;4H,2-3,5-6H2,1H3/b4-3-;;. The van der Waals surface area contributed by atoms with Gasteiger partial charge in [0, 0.05) is 18.2 Å². The third-order valence-corrected chi connectivity index (χ3v) is 2.87. The van der Waals surface area contributed by atoms with Gasteiger partial charge < -0.3 is 14.6 Å². The van der Waals surface area contributed by atoms with E-state index in [2.05, 4.69) is 22.6 Å². The van der Waals surface area contributed by atoms with Crippen molar-refractivity contribution in [2.45, 2.75) is 33.6 Å². The lowest BCUT2D eigenvalue weighted by Gasteiger charge is -2.03. The smallest absolute Gasteiger partial charge is 0.331 e. The van der Waals surface area contributed by atoms with E-state index in [4.69, 9.17) is 5.11 Å². The van der Waals surface area contributed by atoms with Crippen molar-refractivity contribution >= 4 is 24.0 Å². The predicted molar refractivity (Wildman–Crippen MR) is 115 cm³/mol. The zero-order chi connectivity index (χ0) is 22.5. The predicted octanol–water partition coefficient (Wildman–Crippen LogP) is 4.67. The number of hydrogen-bond acceptors (Lipinski definition) is 5. The normalized spacial score (nSPS) is 9.38. The summed E-state index contributed by atoms with van der Waals surface area (Å²) >= 11 is 0. The number of unbranched alkanes of at least 4 members (excludes halogenated alkanes) is 1. The average molecular weight is 405 g/mol. The Labute approximate surface area is 173 Å². The third kappa shape index (κ3) is 22.8. The van der Waals surface area contributed by atoms with E-state index in [1.807, 2.05) is 57.2 Å². The summed E-state index contributed by atoms with van der Waals surface area (Å²) in [5.74, 6) is -1.85. The summed E-state index contributed by atoms with van der Waals surface area (Å²) in [4.78, 5) is 31.0. The maximum atomic E-state index is 10.7. The molecule has 0 spiro atoms. The highest BCUT2D eigenvalue weighted by molar-refractivity contribution is 5.90. The van der Waals surface area contributed by atoms with Crippen molar-refractivity contribution in [2.75, 3.05) is 13.2 Å². The minimum absolute atomic E-state index is 0.257. The van der Waals surface area contributed by atoms with Crippen LogP contribution in [0.1, 0.15) is 39.2 Å². The largest absolute Gasteiger partial charge is 0.478 e. The number of carbonyl (C=O) groups is 3. The number of esters is 2. The number of aliphatic carboxylic acids is 1. The maximum Gasteiger partial charge on any atom is 0.331 e. The topological polar surface area (TPSA) is 89.9 Å². The van der Waals surface area contributed by atoms with E-state index in [0.717, 1.165) is 25.0 Å². The molecule has 0 aliphatic rings. The Bertz CT molecular complexity index is 632. The van der Waals surface area contributed by atoms with E-state index in [9.17, 15) is 14.4 Å². The van der Waals surface area contributed by atoms with Crippen molar-refractivity contribution in [2.24, 2.45) is 5.92 Å². The van der Waals surface area contributed by atoms with Gasteiger partial charge in [-0.15, -0.1) is 0 Å². The van der Waals surface area contributed by atoms with Gasteiger partial charge in [-0.1, -0.05) is 76.8 Å². The molecule has 1 N–H and O–H groups in total. The van der Waals surface area contributed by atoms with E-state index in [1.54, 1.807) is 0 Å². The Morgan fingerprint density at radius 1 is 1.03 bits per heavy atom. The molecule has 0 bridgehead atoms. The van der Waals surface area contributed by atoms with Crippen LogP contribution in [0, 0.1) is 5.92 Å². The number of carbonyl (C=O) groups excluding carboxylic acids is 2. The number of hydrogen-bond donors (Lipinski definition) is 1. The quantitative estimate of drug-likeness (QED) is 0.365. The first-order valence-electron chi connectivity index (χ1n) is 9.31. The number of carboxylic acids is 1. The lowest BCUT2D eigenvalue weighted by atomic mass is 10.2. The summed E-state index contributed by atoms with van der Waals surface area (Å²) in [7, 11) is 0. The van der Waals surface area contributed by atoms with Crippen LogP contribution in [0.5, 0.6) is 0 Å². The minimum atomic E-state index is -1.16. The Hall–Kier alpha value is -3.15. The molecule has 0 atom stereocenters. The van der Waals surface area contributed by atoms with Gasteiger partial charge in [0.2, 0.25) is 0 Å². The first-order valence-corrected chi connectivity index (χ1v) is 9.31. The van der Waals surface area contributed by atoms with Gasteiger partial charge in [0.25, 0.3) is 0 Å². The van der Waals surface area contributed by atoms with Gasteiger partial charge in [0.05, 0.1) is 13.2 Å². The molecule has 6 heteroatoms. The molecule has 1 aromatic rings. The number of benzene rings is 1. The molecule has 0 saturated heterocycles. The van der Waals surface area contributed by atoms with E-state index in [0.29, 0.717) is 13.2 Å². The lowest BCUT2D eigenvalue weighted by molar-refractivity contribution is -0.139. The van der Waals surface area contributed by atoms with Crippen LogP contribution in [0.3, 0.4) is 0 Å². The number of ether oxygens (including phenoxy) is 2. The van der Waals surface area contributed by atoms with E-state index < -0.39 is 11.9 Å². The molecule has 160 valence electrons. The molecule has 0 heterocycles. The minimum Gasteiger partial charge on any atom is -0.478 e. The fraction of sp³-hybridized carbons (Fsp3) is 0.348. The first kappa shape index (κ1) is 28.1. The molecule has 29 heavy (non-hydrogen) atoms. The van der Waals surface area contributed by atoms with Crippen LogP contribution >= 0.6 is 0 Å². The first-order chi connectivity index (χ1) is 13.8. The maximum absolute atomic E-state index is 10.7. The van der Waals surface area contributed by atoms with Crippen LogP contribution in [0.25, 0.3) is 6.08 Å². The summed E-state index contributed by atoms with van der Waals surface area (Å²) in [6, 6.07) is 10.0. The van der Waals surface area contributed by atoms with Crippen LogP contribution in [0.4, 0.5) is 0 Å². The zero-order valence-corrected chi connectivity index (χ0v) is 17.5. The molecule has 0 aliphatic heterocycles. The second kappa shape index (κ2) is 19.6. The number of carboxylic acid groups (broad SMARTS) is 1. The van der Waals surface area contributed by atoms with Gasteiger partial charge in [0.1, 0.15) is 0 Å². The molecule has 0 saturated carbocycles. The second-order valence-electron chi connectivity index (χ2n) is 6.04. The Balaban J connectivity index is 0. The highest BCUT2D eigenvalue weighted by atomic mass is 16.5. The summed E-state index contributed by atoms with van der Waals surface area (Å²) in [6.45, 7) is 13.6.